The fraction of sp³-hybridized carbons (Fsp3) is 0.978. The van der Waals surface area contributed by atoms with Crippen LogP contribution < -0.4 is 5.32 Å². The first-order valence-electron chi connectivity index (χ1n) is 23.9. The van der Waals surface area contributed by atoms with Gasteiger partial charge >= 0.3 is 0 Å². The van der Waals surface area contributed by atoms with E-state index in [0.717, 1.165) is 44.9 Å². The standard InChI is InChI=1S/C46H91NO10/c1-3-5-7-9-11-12-13-14-15-16-17-18-19-20-21-22-23-24-25-26-28-30-32-34-39(50)45(55)47-37(41(51)38(49)33-31-29-27-10-8-6-4-2)36-56-46-44(54)43(53)42(52)40(35-48)57-46/h37-44,46,48-54H,3-36H2,1-2H3,(H,47,55). The highest BCUT2D eigenvalue weighted by Gasteiger charge is 2.44. The van der Waals surface area contributed by atoms with E-state index >= 15 is 0 Å². The van der Waals surface area contributed by atoms with Crippen LogP contribution in [-0.2, 0) is 14.3 Å². The molecule has 340 valence electrons. The normalized spacial score (nSPS) is 22.0. The molecule has 1 amide bonds. The number of rotatable bonds is 40. The van der Waals surface area contributed by atoms with E-state index in [1.165, 1.54) is 135 Å². The van der Waals surface area contributed by atoms with Crippen LogP contribution >= 0.6 is 0 Å². The number of carbonyl (C=O) groups is 1. The van der Waals surface area contributed by atoms with Crippen molar-refractivity contribution in [3.05, 3.63) is 0 Å². The molecule has 0 spiro atoms. The van der Waals surface area contributed by atoms with Crippen LogP contribution in [0.1, 0.15) is 219 Å². The molecule has 8 N–H and O–H groups in total. The minimum absolute atomic E-state index is 0.266. The fourth-order valence-electron chi connectivity index (χ4n) is 7.91. The van der Waals surface area contributed by atoms with Crippen LogP contribution in [0.25, 0.3) is 0 Å². The van der Waals surface area contributed by atoms with E-state index in [9.17, 15) is 40.5 Å². The Hall–Kier alpha value is -0.890. The van der Waals surface area contributed by atoms with E-state index in [2.05, 4.69) is 19.2 Å². The van der Waals surface area contributed by atoms with E-state index in [-0.39, 0.29) is 6.42 Å². The van der Waals surface area contributed by atoms with Crippen LogP contribution in [0.15, 0.2) is 0 Å². The topological polar surface area (TPSA) is 189 Å². The number of amides is 1. The molecule has 0 aromatic carbocycles. The number of ether oxygens (including phenoxy) is 2. The summed E-state index contributed by atoms with van der Waals surface area (Å²) in [6.07, 6.45) is 26.2. The summed E-state index contributed by atoms with van der Waals surface area (Å²) in [6.45, 7) is 3.39. The predicted molar refractivity (Wildman–Crippen MR) is 229 cm³/mol. The van der Waals surface area contributed by atoms with Crippen molar-refractivity contribution in [1.82, 2.24) is 5.32 Å². The summed E-state index contributed by atoms with van der Waals surface area (Å²) in [4.78, 5) is 13.0. The number of hydrogen-bond acceptors (Lipinski definition) is 10. The lowest BCUT2D eigenvalue weighted by molar-refractivity contribution is -0.303. The first kappa shape index (κ1) is 54.1. The Labute approximate surface area is 348 Å². The zero-order chi connectivity index (χ0) is 41.9. The molecule has 1 heterocycles. The lowest BCUT2D eigenvalue weighted by atomic mass is 9.98. The van der Waals surface area contributed by atoms with Crippen molar-refractivity contribution in [2.24, 2.45) is 0 Å². The summed E-state index contributed by atoms with van der Waals surface area (Å²) in [6, 6.07) is -1.16. The minimum atomic E-state index is -1.65. The molecule has 11 nitrogen and oxygen atoms in total. The molecule has 0 bridgehead atoms. The molecule has 0 radical (unpaired) electrons. The van der Waals surface area contributed by atoms with Crippen molar-refractivity contribution in [3.8, 4) is 0 Å². The maximum Gasteiger partial charge on any atom is 0.249 e. The molecule has 1 saturated heterocycles. The van der Waals surface area contributed by atoms with Crippen molar-refractivity contribution in [3.63, 3.8) is 0 Å². The molecule has 1 rings (SSSR count). The quantitative estimate of drug-likeness (QED) is 0.0283. The van der Waals surface area contributed by atoms with Crippen molar-refractivity contribution in [1.29, 1.82) is 0 Å². The second-order valence-electron chi connectivity index (χ2n) is 17.2. The van der Waals surface area contributed by atoms with Crippen LogP contribution in [0, 0.1) is 0 Å². The van der Waals surface area contributed by atoms with Gasteiger partial charge in [-0.25, -0.2) is 0 Å². The molecule has 0 aliphatic carbocycles. The average Bonchev–Trinajstić information content (AvgIpc) is 3.21. The molecule has 0 saturated carbocycles. The number of aliphatic hydroxyl groups is 7. The smallest absolute Gasteiger partial charge is 0.249 e. The highest BCUT2D eigenvalue weighted by Crippen LogP contribution is 2.23. The average molecular weight is 818 g/mol. The number of unbranched alkanes of at least 4 members (excludes halogenated alkanes) is 28. The van der Waals surface area contributed by atoms with Crippen LogP contribution in [0.4, 0.5) is 0 Å². The maximum absolute atomic E-state index is 13.0. The van der Waals surface area contributed by atoms with Crippen LogP contribution in [0.2, 0.25) is 0 Å². The Morgan fingerprint density at radius 3 is 1.30 bits per heavy atom. The van der Waals surface area contributed by atoms with E-state index in [1.807, 2.05) is 0 Å². The summed E-state index contributed by atoms with van der Waals surface area (Å²) in [5.41, 5.74) is 0. The van der Waals surface area contributed by atoms with E-state index < -0.39 is 74.2 Å². The minimum Gasteiger partial charge on any atom is -0.394 e. The van der Waals surface area contributed by atoms with Gasteiger partial charge in [0, 0.05) is 0 Å². The molecule has 1 aliphatic rings. The zero-order valence-electron chi connectivity index (χ0n) is 36.6. The third-order valence-electron chi connectivity index (χ3n) is 11.9. The summed E-state index contributed by atoms with van der Waals surface area (Å²) in [7, 11) is 0. The van der Waals surface area contributed by atoms with Crippen molar-refractivity contribution < 1.29 is 50.0 Å². The molecule has 0 aromatic heterocycles. The highest BCUT2D eigenvalue weighted by atomic mass is 16.7. The largest absolute Gasteiger partial charge is 0.394 e. The summed E-state index contributed by atoms with van der Waals surface area (Å²) < 4.78 is 11.0. The predicted octanol–water partition coefficient (Wildman–Crippen LogP) is 7.89. The number of nitrogens with one attached hydrogen (secondary N) is 1. The molecule has 1 fully saturated rings. The van der Waals surface area contributed by atoms with Gasteiger partial charge in [-0.15, -0.1) is 0 Å². The molecule has 0 aromatic rings. The Kier molecular flexibility index (Phi) is 35.1. The van der Waals surface area contributed by atoms with Gasteiger partial charge in [-0.3, -0.25) is 4.79 Å². The van der Waals surface area contributed by atoms with Crippen molar-refractivity contribution in [2.45, 2.75) is 274 Å². The Morgan fingerprint density at radius 1 is 0.544 bits per heavy atom. The molecule has 11 heteroatoms. The molecule has 9 atom stereocenters. The summed E-state index contributed by atoms with van der Waals surface area (Å²) >= 11 is 0. The van der Waals surface area contributed by atoms with Gasteiger partial charge < -0.3 is 50.5 Å². The molecular weight excluding hydrogens is 727 g/mol. The van der Waals surface area contributed by atoms with Crippen LogP contribution in [0.5, 0.6) is 0 Å². The van der Waals surface area contributed by atoms with Crippen molar-refractivity contribution in [2.75, 3.05) is 13.2 Å². The molecular formula is C46H91NO10. The molecule has 9 unspecified atom stereocenters. The van der Waals surface area contributed by atoms with Gasteiger partial charge in [0.05, 0.1) is 25.4 Å². The SMILES string of the molecule is CCCCCCCCCCCCCCCCCCCCCCCCCC(O)C(=O)NC(COC1OC(CO)C(O)C(O)C1O)C(O)C(O)CCCCCCCCC. The Bertz CT molecular complexity index is 897. The Balaban J connectivity index is 2.27. The van der Waals surface area contributed by atoms with Gasteiger partial charge in [0.25, 0.3) is 0 Å². The van der Waals surface area contributed by atoms with Gasteiger partial charge in [-0.1, -0.05) is 206 Å². The van der Waals surface area contributed by atoms with Crippen molar-refractivity contribution >= 4 is 5.91 Å². The zero-order valence-corrected chi connectivity index (χ0v) is 36.6. The Morgan fingerprint density at radius 2 is 0.912 bits per heavy atom. The second-order valence-corrected chi connectivity index (χ2v) is 17.2. The van der Waals surface area contributed by atoms with E-state index in [0.29, 0.717) is 19.3 Å². The van der Waals surface area contributed by atoms with Crippen LogP contribution in [0.3, 0.4) is 0 Å². The second kappa shape index (κ2) is 36.9. The van der Waals surface area contributed by atoms with Crippen LogP contribution in [-0.4, -0.2) is 110 Å². The lowest BCUT2D eigenvalue weighted by Crippen LogP contribution is -2.60. The number of hydrogen-bond donors (Lipinski definition) is 8. The lowest BCUT2D eigenvalue weighted by Gasteiger charge is -2.40. The van der Waals surface area contributed by atoms with Gasteiger partial charge in [-0.05, 0) is 12.8 Å². The third-order valence-corrected chi connectivity index (χ3v) is 11.9. The van der Waals surface area contributed by atoms with E-state index in [1.54, 1.807) is 0 Å². The first-order valence-corrected chi connectivity index (χ1v) is 23.9. The third kappa shape index (κ3) is 26.8. The molecule has 57 heavy (non-hydrogen) atoms. The maximum atomic E-state index is 13.0. The highest BCUT2D eigenvalue weighted by molar-refractivity contribution is 5.80. The number of aliphatic hydroxyl groups excluding tert-OH is 7. The molecule has 1 aliphatic heterocycles. The summed E-state index contributed by atoms with van der Waals surface area (Å²) in [5.74, 6) is -0.696. The summed E-state index contributed by atoms with van der Waals surface area (Å²) in [5, 5.41) is 75.3. The van der Waals surface area contributed by atoms with E-state index in [4.69, 9.17) is 9.47 Å². The van der Waals surface area contributed by atoms with Gasteiger partial charge in [-0.2, -0.15) is 0 Å². The monoisotopic (exact) mass is 818 g/mol. The van der Waals surface area contributed by atoms with Gasteiger partial charge in [0.2, 0.25) is 5.91 Å². The van der Waals surface area contributed by atoms with Gasteiger partial charge in [0.1, 0.15) is 36.6 Å². The number of carbonyl (C=O) groups excluding carboxylic acids is 1. The van der Waals surface area contributed by atoms with Gasteiger partial charge in [0.15, 0.2) is 6.29 Å². The first-order chi connectivity index (χ1) is 27.7. The fourth-order valence-corrected chi connectivity index (χ4v) is 7.91.